The molecule has 1 heterocycles. The summed E-state index contributed by atoms with van der Waals surface area (Å²) in [7, 11) is 0. The van der Waals surface area contributed by atoms with E-state index >= 15 is 0 Å². The molecule has 1 fully saturated rings. The van der Waals surface area contributed by atoms with Gasteiger partial charge in [0.25, 0.3) is 5.91 Å². The molecular formula is C23H26N4O2S. The first-order valence-electron chi connectivity index (χ1n) is 10.0. The minimum Gasteiger partial charge on any atom is -0.337 e. The average molecular weight is 423 g/mol. The van der Waals surface area contributed by atoms with Crippen molar-refractivity contribution in [2.24, 2.45) is 0 Å². The first-order valence-corrected chi connectivity index (χ1v) is 11.0. The van der Waals surface area contributed by atoms with Crippen molar-refractivity contribution in [1.29, 1.82) is 5.26 Å². The third kappa shape index (κ3) is 6.09. The maximum Gasteiger partial charge on any atom is 0.253 e. The van der Waals surface area contributed by atoms with Gasteiger partial charge in [0.1, 0.15) is 0 Å². The third-order valence-electron chi connectivity index (χ3n) is 4.96. The van der Waals surface area contributed by atoms with Crippen molar-refractivity contribution < 1.29 is 9.59 Å². The van der Waals surface area contributed by atoms with E-state index in [1.54, 1.807) is 0 Å². The van der Waals surface area contributed by atoms with Gasteiger partial charge in [0.05, 0.1) is 24.1 Å². The number of hydrogen-bond acceptors (Lipinski definition) is 5. The lowest BCUT2D eigenvalue weighted by Crippen LogP contribution is -2.38. The summed E-state index contributed by atoms with van der Waals surface area (Å²) in [6, 6.07) is 17.3. The molecular weight excluding hydrogens is 396 g/mol. The first-order chi connectivity index (χ1) is 14.6. The fraction of sp³-hybridized carbons (Fsp3) is 0.348. The van der Waals surface area contributed by atoms with E-state index in [0.29, 0.717) is 31.0 Å². The summed E-state index contributed by atoms with van der Waals surface area (Å²) in [5, 5.41) is 11.8. The zero-order valence-electron chi connectivity index (χ0n) is 17.1. The molecule has 6 nitrogen and oxygen atoms in total. The fourth-order valence-corrected chi connectivity index (χ4v) is 4.16. The second kappa shape index (κ2) is 10.8. The van der Waals surface area contributed by atoms with E-state index in [-0.39, 0.29) is 18.4 Å². The number of thioether (sulfide) groups is 1. The summed E-state index contributed by atoms with van der Waals surface area (Å²) in [5.41, 5.74) is 2.52. The fourth-order valence-electron chi connectivity index (χ4n) is 3.49. The Kier molecular flexibility index (Phi) is 7.89. The van der Waals surface area contributed by atoms with Crippen LogP contribution < -0.4 is 5.32 Å². The summed E-state index contributed by atoms with van der Waals surface area (Å²) < 4.78 is 0. The summed E-state index contributed by atoms with van der Waals surface area (Å²) in [5.74, 6) is 0.302. The lowest BCUT2D eigenvalue weighted by molar-refractivity contribution is -0.117. The zero-order valence-corrected chi connectivity index (χ0v) is 18.0. The van der Waals surface area contributed by atoms with Crippen LogP contribution in [0.5, 0.6) is 0 Å². The van der Waals surface area contributed by atoms with Crippen molar-refractivity contribution >= 4 is 29.3 Å². The number of nitriles is 1. The van der Waals surface area contributed by atoms with Crippen molar-refractivity contribution in [3.05, 3.63) is 59.7 Å². The lowest BCUT2D eigenvalue weighted by atomic mass is 10.1. The normalized spacial score (nSPS) is 14.6. The van der Waals surface area contributed by atoms with Crippen LogP contribution in [0.2, 0.25) is 0 Å². The highest BCUT2D eigenvalue weighted by Crippen LogP contribution is 2.26. The van der Waals surface area contributed by atoms with E-state index in [4.69, 9.17) is 5.26 Å². The van der Waals surface area contributed by atoms with Crippen molar-refractivity contribution in [3.8, 4) is 6.07 Å². The monoisotopic (exact) mass is 422 g/mol. The average Bonchev–Trinajstić information content (AvgIpc) is 2.98. The quantitative estimate of drug-likeness (QED) is 0.722. The molecule has 0 radical (unpaired) electrons. The second-order valence-electron chi connectivity index (χ2n) is 7.28. The number of amides is 2. The van der Waals surface area contributed by atoms with Crippen molar-refractivity contribution in [2.45, 2.75) is 18.2 Å². The van der Waals surface area contributed by atoms with Gasteiger partial charge in [0.15, 0.2) is 0 Å². The topological polar surface area (TPSA) is 76.4 Å². The van der Waals surface area contributed by atoms with Crippen LogP contribution >= 0.6 is 11.8 Å². The third-order valence-corrected chi connectivity index (χ3v) is 5.90. The molecule has 1 saturated heterocycles. The minimum absolute atomic E-state index is 0.0495. The Balaban J connectivity index is 1.54. The number of carbonyl (C=O) groups is 2. The summed E-state index contributed by atoms with van der Waals surface area (Å²) >= 11 is 1.41. The lowest BCUT2D eigenvalue weighted by Gasteiger charge is -2.22. The summed E-state index contributed by atoms with van der Waals surface area (Å²) in [6.07, 6.45) is 0.833. The second-order valence-corrected chi connectivity index (χ2v) is 8.30. The van der Waals surface area contributed by atoms with Gasteiger partial charge in [0, 0.05) is 36.6 Å². The van der Waals surface area contributed by atoms with Gasteiger partial charge in [0.2, 0.25) is 5.91 Å². The SMILES string of the molecule is Cc1cccc(C(=O)N2CCCN(CC(=O)Nc3ccccc3SCC#N)CC2)c1. The highest BCUT2D eigenvalue weighted by Gasteiger charge is 2.21. The van der Waals surface area contributed by atoms with Gasteiger partial charge in [-0.1, -0.05) is 29.8 Å². The Bertz CT molecular complexity index is 941. The molecule has 0 atom stereocenters. The molecule has 2 aromatic rings. The zero-order chi connectivity index (χ0) is 21.3. The minimum atomic E-state index is -0.0848. The molecule has 30 heavy (non-hydrogen) atoms. The Morgan fingerprint density at radius 3 is 2.73 bits per heavy atom. The van der Waals surface area contributed by atoms with Crippen LogP contribution in [0.3, 0.4) is 0 Å². The van der Waals surface area contributed by atoms with Gasteiger partial charge >= 0.3 is 0 Å². The van der Waals surface area contributed by atoms with Crippen LogP contribution in [-0.2, 0) is 4.79 Å². The van der Waals surface area contributed by atoms with E-state index in [1.807, 2.05) is 60.4 Å². The van der Waals surface area contributed by atoms with Crippen molar-refractivity contribution in [3.63, 3.8) is 0 Å². The maximum atomic E-state index is 12.8. The van der Waals surface area contributed by atoms with Gasteiger partial charge in [-0.3, -0.25) is 14.5 Å². The first kappa shape index (κ1) is 21.9. The molecule has 0 bridgehead atoms. The number of aryl methyl sites for hydroxylation is 1. The molecule has 2 aromatic carbocycles. The maximum absolute atomic E-state index is 12.8. The Morgan fingerprint density at radius 2 is 1.93 bits per heavy atom. The molecule has 0 aromatic heterocycles. The van der Waals surface area contributed by atoms with Crippen molar-refractivity contribution in [1.82, 2.24) is 9.80 Å². The predicted octanol–water partition coefficient (Wildman–Crippen LogP) is 3.40. The molecule has 0 unspecified atom stereocenters. The van der Waals surface area contributed by atoms with E-state index in [9.17, 15) is 9.59 Å². The molecule has 156 valence electrons. The molecule has 1 aliphatic rings. The van der Waals surface area contributed by atoms with Crippen LogP contribution in [0.15, 0.2) is 53.4 Å². The largest absolute Gasteiger partial charge is 0.337 e. The van der Waals surface area contributed by atoms with Crippen LogP contribution in [0.25, 0.3) is 0 Å². The van der Waals surface area contributed by atoms with E-state index in [0.717, 1.165) is 29.1 Å². The van der Waals surface area contributed by atoms with Crippen LogP contribution in [0, 0.1) is 18.3 Å². The number of nitrogens with one attached hydrogen (secondary N) is 1. The van der Waals surface area contributed by atoms with Crippen LogP contribution in [0.4, 0.5) is 5.69 Å². The van der Waals surface area contributed by atoms with Gasteiger partial charge in [-0.25, -0.2) is 0 Å². The predicted molar refractivity (Wildman–Crippen MR) is 120 cm³/mol. The van der Waals surface area contributed by atoms with Crippen molar-refractivity contribution in [2.75, 3.05) is 43.8 Å². The number of anilines is 1. The number of nitrogens with zero attached hydrogens (tertiary/aromatic N) is 3. The molecule has 0 saturated carbocycles. The molecule has 3 rings (SSSR count). The van der Waals surface area contributed by atoms with E-state index in [2.05, 4.69) is 16.3 Å². The molecule has 0 aliphatic carbocycles. The smallest absolute Gasteiger partial charge is 0.253 e. The molecule has 1 aliphatic heterocycles. The van der Waals surface area contributed by atoms with Crippen LogP contribution in [0.1, 0.15) is 22.3 Å². The van der Waals surface area contributed by atoms with Gasteiger partial charge in [-0.15, -0.1) is 11.8 Å². The molecule has 1 N–H and O–H groups in total. The Hall–Kier alpha value is -2.82. The summed E-state index contributed by atoms with van der Waals surface area (Å²) in [4.78, 5) is 30.2. The summed E-state index contributed by atoms with van der Waals surface area (Å²) in [6.45, 7) is 5.00. The molecule has 0 spiro atoms. The number of benzene rings is 2. The Morgan fingerprint density at radius 1 is 1.10 bits per heavy atom. The number of carbonyl (C=O) groups excluding carboxylic acids is 2. The van der Waals surface area contributed by atoms with Gasteiger partial charge < -0.3 is 10.2 Å². The molecule has 7 heteroatoms. The number of para-hydroxylation sites is 1. The number of hydrogen-bond donors (Lipinski definition) is 1. The van der Waals surface area contributed by atoms with Gasteiger partial charge in [-0.05, 0) is 37.6 Å². The van der Waals surface area contributed by atoms with Gasteiger partial charge in [-0.2, -0.15) is 5.26 Å². The highest BCUT2D eigenvalue weighted by molar-refractivity contribution is 7.99. The standard InChI is InChI=1S/C23H26N4O2S/c1-18-6-4-7-19(16-18)23(29)27-12-5-11-26(13-14-27)17-22(28)25-20-8-2-3-9-21(20)30-15-10-24/h2-4,6-9,16H,5,11-15,17H2,1H3,(H,25,28). The number of rotatable bonds is 6. The molecule has 2 amide bonds. The van der Waals surface area contributed by atoms with E-state index < -0.39 is 0 Å². The van der Waals surface area contributed by atoms with E-state index in [1.165, 1.54) is 11.8 Å². The Labute approximate surface area is 181 Å². The highest BCUT2D eigenvalue weighted by atomic mass is 32.2. The van der Waals surface area contributed by atoms with Crippen LogP contribution in [-0.4, -0.2) is 60.1 Å².